The molecule has 0 aliphatic carbocycles. The fraction of sp³-hybridized carbons (Fsp3) is 0.556. The van der Waals surface area contributed by atoms with Gasteiger partial charge in [-0.2, -0.15) is 5.10 Å². The Bertz CT molecular complexity index is 1300. The second-order valence-electron chi connectivity index (χ2n) is 10.9. The molecule has 0 spiro atoms. The summed E-state index contributed by atoms with van der Waals surface area (Å²) >= 11 is 0. The third kappa shape index (κ3) is 5.39. The number of benzene rings is 1. The van der Waals surface area contributed by atoms with Gasteiger partial charge >= 0.3 is 6.09 Å². The van der Waals surface area contributed by atoms with Crippen LogP contribution in [0.3, 0.4) is 0 Å². The monoisotopic (exact) mass is 510 g/mol. The van der Waals surface area contributed by atoms with Crippen LogP contribution >= 0.6 is 0 Å². The predicted molar refractivity (Wildman–Crippen MR) is 139 cm³/mol. The molecule has 198 valence electrons. The topological polar surface area (TPSA) is 85.6 Å². The van der Waals surface area contributed by atoms with Gasteiger partial charge in [0, 0.05) is 37.0 Å². The molecule has 37 heavy (non-hydrogen) atoms. The van der Waals surface area contributed by atoms with Crippen molar-refractivity contribution in [3.8, 4) is 5.82 Å². The number of nitrogens with zero attached hydrogens (tertiary/aromatic N) is 6. The first-order valence-electron chi connectivity index (χ1n) is 12.9. The molecule has 1 amide bonds. The Labute approximate surface area is 216 Å². The Morgan fingerprint density at radius 3 is 2.51 bits per heavy atom. The van der Waals surface area contributed by atoms with Gasteiger partial charge in [0.05, 0.1) is 31.5 Å². The van der Waals surface area contributed by atoms with E-state index in [1.54, 1.807) is 4.68 Å². The Morgan fingerprint density at radius 2 is 1.81 bits per heavy atom. The second kappa shape index (κ2) is 9.89. The lowest BCUT2D eigenvalue weighted by molar-refractivity contribution is 0.0111. The van der Waals surface area contributed by atoms with E-state index < -0.39 is 17.9 Å². The number of aryl methyl sites for hydroxylation is 2. The van der Waals surface area contributed by atoms with Crippen LogP contribution in [0.4, 0.5) is 15.0 Å². The average molecular weight is 511 g/mol. The molecule has 0 N–H and O–H groups in total. The zero-order valence-electron chi connectivity index (χ0n) is 22.2. The number of hydrogen-bond acceptors (Lipinski definition) is 7. The van der Waals surface area contributed by atoms with Crippen LogP contribution in [-0.2, 0) is 9.47 Å². The summed E-state index contributed by atoms with van der Waals surface area (Å²) in [6.07, 6.45) is 0.682. The molecule has 2 aliphatic heterocycles. The summed E-state index contributed by atoms with van der Waals surface area (Å²) in [7, 11) is 0. The van der Waals surface area contributed by atoms with Crippen molar-refractivity contribution in [3.05, 3.63) is 41.3 Å². The number of hydrogen-bond donors (Lipinski definition) is 0. The smallest absolute Gasteiger partial charge is 0.410 e. The van der Waals surface area contributed by atoms with E-state index in [1.807, 2.05) is 52.9 Å². The third-order valence-electron chi connectivity index (χ3n) is 6.91. The van der Waals surface area contributed by atoms with Crippen molar-refractivity contribution in [1.29, 1.82) is 0 Å². The van der Waals surface area contributed by atoms with Gasteiger partial charge in [-0.3, -0.25) is 0 Å². The van der Waals surface area contributed by atoms with Crippen LogP contribution in [0.15, 0.2) is 24.4 Å². The van der Waals surface area contributed by atoms with Crippen LogP contribution in [0.1, 0.15) is 50.1 Å². The highest BCUT2D eigenvalue weighted by atomic mass is 19.1. The molecule has 0 saturated carbocycles. The van der Waals surface area contributed by atoms with Crippen molar-refractivity contribution in [1.82, 2.24) is 24.6 Å². The number of piperidine rings is 1. The van der Waals surface area contributed by atoms with Gasteiger partial charge in [0.15, 0.2) is 5.82 Å². The fourth-order valence-corrected chi connectivity index (χ4v) is 5.13. The second-order valence-corrected chi connectivity index (χ2v) is 10.9. The van der Waals surface area contributed by atoms with Crippen LogP contribution in [0.2, 0.25) is 0 Å². The number of likely N-dealkylation sites (tertiary alicyclic amines) is 1. The summed E-state index contributed by atoms with van der Waals surface area (Å²) in [4.78, 5) is 25.4. The highest BCUT2D eigenvalue weighted by molar-refractivity contribution is 5.82. The highest BCUT2D eigenvalue weighted by Gasteiger charge is 2.35. The first-order valence-corrected chi connectivity index (χ1v) is 12.9. The summed E-state index contributed by atoms with van der Waals surface area (Å²) in [6.45, 7) is 12.7. The quantitative estimate of drug-likeness (QED) is 0.518. The van der Waals surface area contributed by atoms with Gasteiger partial charge in [0.2, 0.25) is 0 Å². The van der Waals surface area contributed by atoms with Crippen molar-refractivity contribution < 1.29 is 18.7 Å². The van der Waals surface area contributed by atoms with Crippen LogP contribution in [0, 0.1) is 13.8 Å². The standard InChI is InChI=1S/C27H35FN6O3/c1-17-12-19-15-29-34(25-14-24(30-18(2)31-25)32-8-10-36-11-9-32)23(19)13-21(17)20-6-7-33(16-22(20)28)26(35)37-27(3,4)5/h12-15,20,22H,6-11,16H2,1-5H3/t20-,22-/m1/s1. The lowest BCUT2D eigenvalue weighted by Gasteiger charge is -2.36. The molecule has 0 radical (unpaired) electrons. The number of halogens is 1. The summed E-state index contributed by atoms with van der Waals surface area (Å²) in [5.41, 5.74) is 2.21. The number of morpholine rings is 1. The van der Waals surface area contributed by atoms with Gasteiger partial charge in [0.25, 0.3) is 0 Å². The van der Waals surface area contributed by atoms with E-state index in [-0.39, 0.29) is 12.5 Å². The van der Waals surface area contributed by atoms with Crippen LogP contribution in [-0.4, -0.2) is 81.9 Å². The molecule has 2 atom stereocenters. The number of anilines is 1. The molecule has 0 unspecified atom stereocenters. The van der Waals surface area contributed by atoms with Crippen LogP contribution in [0.25, 0.3) is 16.7 Å². The van der Waals surface area contributed by atoms with E-state index in [0.717, 1.165) is 40.9 Å². The number of alkyl halides is 1. The molecule has 2 saturated heterocycles. The number of aromatic nitrogens is 4. The van der Waals surface area contributed by atoms with Crippen LogP contribution in [0.5, 0.6) is 0 Å². The summed E-state index contributed by atoms with van der Waals surface area (Å²) in [5.74, 6) is 1.87. The van der Waals surface area contributed by atoms with Gasteiger partial charge in [-0.05, 0) is 64.3 Å². The van der Waals surface area contributed by atoms with Crippen LogP contribution < -0.4 is 4.90 Å². The Balaban J connectivity index is 1.43. The zero-order chi connectivity index (χ0) is 26.3. The minimum atomic E-state index is -1.19. The number of carbonyl (C=O) groups is 1. The molecular formula is C27H35FN6O3. The molecule has 2 fully saturated rings. The molecule has 1 aromatic carbocycles. The first kappa shape index (κ1) is 25.4. The minimum Gasteiger partial charge on any atom is -0.444 e. The minimum absolute atomic E-state index is 0.0182. The molecule has 4 heterocycles. The zero-order valence-corrected chi connectivity index (χ0v) is 22.2. The van der Waals surface area contributed by atoms with Crippen molar-refractivity contribution in [2.45, 2.75) is 58.7 Å². The van der Waals surface area contributed by atoms with Gasteiger partial charge in [-0.15, -0.1) is 0 Å². The summed E-state index contributed by atoms with van der Waals surface area (Å²) in [5, 5.41) is 5.59. The summed E-state index contributed by atoms with van der Waals surface area (Å²) in [6, 6.07) is 6.03. The van der Waals surface area contributed by atoms with Gasteiger partial charge in [0.1, 0.15) is 23.4 Å². The number of ether oxygens (including phenoxy) is 2. The van der Waals surface area contributed by atoms with Crippen molar-refractivity contribution in [2.75, 3.05) is 44.3 Å². The molecule has 5 rings (SSSR count). The number of fused-ring (bicyclic) bond motifs is 1. The highest BCUT2D eigenvalue weighted by Crippen LogP contribution is 2.35. The normalized spacial score (nSPS) is 20.9. The molecule has 10 heteroatoms. The Hall–Kier alpha value is -3.27. The Kier molecular flexibility index (Phi) is 6.78. The number of carbonyl (C=O) groups excluding carboxylic acids is 1. The molecular weight excluding hydrogens is 475 g/mol. The van der Waals surface area contributed by atoms with Crippen molar-refractivity contribution >= 4 is 22.8 Å². The van der Waals surface area contributed by atoms with Crippen molar-refractivity contribution in [2.24, 2.45) is 0 Å². The SMILES string of the molecule is Cc1nc(N2CCOCC2)cc(-n2ncc3cc(C)c([C@H]4CCN(C(=O)OC(C)(C)C)C[C@H]4F)cc32)n1. The number of amides is 1. The largest absolute Gasteiger partial charge is 0.444 e. The molecule has 3 aromatic rings. The van der Waals surface area contributed by atoms with E-state index in [2.05, 4.69) is 26.0 Å². The Morgan fingerprint density at radius 1 is 1.08 bits per heavy atom. The van der Waals surface area contributed by atoms with Gasteiger partial charge in [-0.1, -0.05) is 0 Å². The van der Waals surface area contributed by atoms with E-state index >= 15 is 4.39 Å². The van der Waals surface area contributed by atoms with E-state index in [1.165, 1.54) is 4.90 Å². The lowest BCUT2D eigenvalue weighted by Crippen LogP contribution is -2.46. The molecule has 9 nitrogen and oxygen atoms in total. The molecule has 2 aliphatic rings. The average Bonchev–Trinajstić information content (AvgIpc) is 3.25. The third-order valence-corrected chi connectivity index (χ3v) is 6.91. The predicted octanol–water partition coefficient (Wildman–Crippen LogP) is 4.33. The van der Waals surface area contributed by atoms with Gasteiger partial charge in [-0.25, -0.2) is 23.8 Å². The van der Waals surface area contributed by atoms with E-state index in [0.29, 0.717) is 37.8 Å². The summed E-state index contributed by atoms with van der Waals surface area (Å²) < 4.78 is 28.2. The van der Waals surface area contributed by atoms with E-state index in [9.17, 15) is 4.79 Å². The fourth-order valence-electron chi connectivity index (χ4n) is 5.13. The van der Waals surface area contributed by atoms with E-state index in [4.69, 9.17) is 9.47 Å². The maximum atomic E-state index is 15.5. The van der Waals surface area contributed by atoms with Crippen molar-refractivity contribution in [3.63, 3.8) is 0 Å². The molecule has 2 aromatic heterocycles. The maximum absolute atomic E-state index is 15.5. The number of rotatable bonds is 3. The van der Waals surface area contributed by atoms with Gasteiger partial charge < -0.3 is 19.3 Å². The molecule has 0 bridgehead atoms. The maximum Gasteiger partial charge on any atom is 0.410 e. The first-order chi connectivity index (χ1) is 17.6. The lowest BCUT2D eigenvalue weighted by atomic mass is 9.85.